The Hall–Kier alpha value is -1.87. The van der Waals surface area contributed by atoms with Gasteiger partial charge in [0.15, 0.2) is 6.10 Å². The number of fused-ring (bicyclic) bond motifs is 1. The van der Waals surface area contributed by atoms with Gasteiger partial charge in [-0.3, -0.25) is 4.79 Å². The minimum Gasteiger partial charge on any atom is -0.382 e. The number of aliphatic hydroxyl groups excluding tert-OH is 1. The molecule has 0 aliphatic carbocycles. The van der Waals surface area contributed by atoms with Crippen molar-refractivity contribution in [1.29, 1.82) is 0 Å². The molecule has 1 saturated heterocycles. The zero-order valence-corrected chi connectivity index (χ0v) is 14.8. The van der Waals surface area contributed by atoms with Crippen molar-refractivity contribution in [3.63, 3.8) is 0 Å². The van der Waals surface area contributed by atoms with Crippen molar-refractivity contribution >= 4 is 28.2 Å². The third kappa shape index (κ3) is 3.75. The van der Waals surface area contributed by atoms with Crippen LogP contribution in [0.2, 0.25) is 0 Å². The van der Waals surface area contributed by atoms with Gasteiger partial charge in [0.25, 0.3) is 0 Å². The molecular weight excluding hydrogens is 395 g/mol. The lowest BCUT2D eigenvalue weighted by atomic mass is 10.1. The monoisotopic (exact) mass is 410 g/mol. The van der Waals surface area contributed by atoms with Crippen LogP contribution in [0.3, 0.4) is 0 Å². The lowest BCUT2D eigenvalue weighted by Crippen LogP contribution is -2.48. The SMILES string of the molecule is C[C@@H]1CC[C@H]([C@@H](O)C(F)(F)F)N1c1ccc2[nH]c(=O)cc(C(F)(F)Cl)c2c1. The quantitative estimate of drug-likeness (QED) is 0.592. The molecule has 4 nitrogen and oxygen atoms in total. The molecule has 2 heterocycles. The number of nitrogens with one attached hydrogen (secondary N) is 1. The minimum absolute atomic E-state index is 0.0774. The van der Waals surface area contributed by atoms with Crippen LogP contribution in [0.25, 0.3) is 10.9 Å². The Morgan fingerprint density at radius 1 is 1.22 bits per heavy atom. The first-order valence-electron chi connectivity index (χ1n) is 8.17. The third-order valence-corrected chi connectivity index (χ3v) is 5.05. The number of hydrogen-bond donors (Lipinski definition) is 2. The highest BCUT2D eigenvalue weighted by molar-refractivity contribution is 6.22. The fourth-order valence-corrected chi connectivity index (χ4v) is 3.78. The van der Waals surface area contributed by atoms with Crippen LogP contribution in [0.4, 0.5) is 27.6 Å². The lowest BCUT2D eigenvalue weighted by molar-refractivity contribution is -0.209. The molecule has 0 saturated carbocycles. The number of pyridine rings is 1. The molecule has 27 heavy (non-hydrogen) atoms. The van der Waals surface area contributed by atoms with E-state index in [4.69, 9.17) is 11.6 Å². The largest absolute Gasteiger partial charge is 0.416 e. The van der Waals surface area contributed by atoms with E-state index in [0.717, 1.165) is 0 Å². The van der Waals surface area contributed by atoms with E-state index >= 15 is 0 Å². The van der Waals surface area contributed by atoms with E-state index in [1.54, 1.807) is 6.92 Å². The number of hydrogen-bond acceptors (Lipinski definition) is 3. The maximum Gasteiger partial charge on any atom is 0.416 e. The summed E-state index contributed by atoms with van der Waals surface area (Å²) >= 11 is 5.10. The molecular formula is C17H16ClF5N2O2. The van der Waals surface area contributed by atoms with Crippen molar-refractivity contribution in [2.24, 2.45) is 0 Å². The van der Waals surface area contributed by atoms with Gasteiger partial charge in [0, 0.05) is 28.7 Å². The summed E-state index contributed by atoms with van der Waals surface area (Å²) in [4.78, 5) is 15.3. The first kappa shape index (κ1) is 19.9. The molecule has 1 aliphatic heterocycles. The number of aromatic amines is 1. The van der Waals surface area contributed by atoms with Gasteiger partial charge >= 0.3 is 11.6 Å². The van der Waals surface area contributed by atoms with Gasteiger partial charge in [-0.2, -0.15) is 22.0 Å². The number of nitrogens with zero attached hydrogens (tertiary/aromatic N) is 1. The van der Waals surface area contributed by atoms with E-state index in [1.807, 2.05) is 0 Å². The maximum atomic E-state index is 13.7. The first-order valence-corrected chi connectivity index (χ1v) is 8.55. The van der Waals surface area contributed by atoms with Crippen molar-refractivity contribution in [2.45, 2.75) is 49.5 Å². The number of aromatic nitrogens is 1. The molecule has 2 aromatic rings. The Labute approximate surface area is 155 Å². The molecule has 1 aromatic carbocycles. The van der Waals surface area contributed by atoms with Crippen LogP contribution in [0, 0.1) is 0 Å². The number of alkyl halides is 6. The predicted octanol–water partition coefficient (Wildman–Crippen LogP) is 4.10. The van der Waals surface area contributed by atoms with Gasteiger partial charge in [-0.1, -0.05) is 0 Å². The maximum absolute atomic E-state index is 13.7. The predicted molar refractivity (Wildman–Crippen MR) is 91.3 cm³/mol. The highest BCUT2D eigenvalue weighted by Gasteiger charge is 2.48. The lowest BCUT2D eigenvalue weighted by Gasteiger charge is -2.34. The van der Waals surface area contributed by atoms with E-state index in [9.17, 15) is 31.9 Å². The van der Waals surface area contributed by atoms with Crippen LogP contribution in [0.1, 0.15) is 25.3 Å². The molecule has 0 spiro atoms. The summed E-state index contributed by atoms with van der Waals surface area (Å²) in [5, 5.41) is 5.81. The smallest absolute Gasteiger partial charge is 0.382 e. The number of rotatable bonds is 3. The van der Waals surface area contributed by atoms with E-state index in [-0.39, 0.29) is 29.1 Å². The molecule has 0 amide bonds. The molecule has 1 fully saturated rings. The second-order valence-electron chi connectivity index (χ2n) is 6.66. The van der Waals surface area contributed by atoms with Crippen LogP contribution < -0.4 is 10.5 Å². The summed E-state index contributed by atoms with van der Waals surface area (Å²) in [6.45, 7) is 1.69. The molecule has 148 valence electrons. The molecule has 0 bridgehead atoms. The Morgan fingerprint density at radius 3 is 2.48 bits per heavy atom. The Morgan fingerprint density at radius 2 is 1.89 bits per heavy atom. The van der Waals surface area contributed by atoms with Gasteiger partial charge in [-0.25, -0.2) is 0 Å². The molecule has 1 aliphatic rings. The molecule has 0 radical (unpaired) electrons. The van der Waals surface area contributed by atoms with Gasteiger partial charge in [0.1, 0.15) is 0 Å². The second-order valence-corrected chi connectivity index (χ2v) is 7.14. The summed E-state index contributed by atoms with van der Waals surface area (Å²) < 4.78 is 66.4. The van der Waals surface area contributed by atoms with Crippen LogP contribution in [0.5, 0.6) is 0 Å². The highest BCUT2D eigenvalue weighted by Crippen LogP contribution is 2.40. The van der Waals surface area contributed by atoms with E-state index in [0.29, 0.717) is 12.5 Å². The zero-order chi connectivity index (χ0) is 20.1. The summed E-state index contributed by atoms with van der Waals surface area (Å²) in [7, 11) is 0. The van der Waals surface area contributed by atoms with Crippen molar-refractivity contribution in [1.82, 2.24) is 4.98 Å². The van der Waals surface area contributed by atoms with Crippen molar-refractivity contribution < 1.29 is 27.1 Å². The van der Waals surface area contributed by atoms with Crippen LogP contribution in [-0.4, -0.2) is 34.5 Å². The van der Waals surface area contributed by atoms with E-state index < -0.39 is 34.8 Å². The van der Waals surface area contributed by atoms with Gasteiger partial charge < -0.3 is 15.0 Å². The molecule has 10 heteroatoms. The fraction of sp³-hybridized carbons (Fsp3) is 0.471. The molecule has 0 unspecified atom stereocenters. The average Bonchev–Trinajstić information content (AvgIpc) is 2.92. The van der Waals surface area contributed by atoms with Gasteiger partial charge in [-0.05, 0) is 49.6 Å². The van der Waals surface area contributed by atoms with Gasteiger partial charge in [-0.15, -0.1) is 0 Å². The Kier molecular flexibility index (Phi) is 4.88. The summed E-state index contributed by atoms with van der Waals surface area (Å²) in [6.07, 6.45) is -6.87. The highest BCUT2D eigenvalue weighted by atomic mass is 35.5. The number of halogens is 6. The van der Waals surface area contributed by atoms with Crippen LogP contribution in [-0.2, 0) is 5.38 Å². The Bertz CT molecular complexity index is 909. The van der Waals surface area contributed by atoms with Crippen molar-refractivity contribution in [3.05, 3.63) is 40.2 Å². The van der Waals surface area contributed by atoms with E-state index in [2.05, 4.69) is 4.98 Å². The standard InChI is InChI=1S/C17H16ClF5N2O2/c1-8-2-5-13(15(27)17(21,22)23)25(8)9-3-4-12-10(6-9)11(16(18,19)20)7-14(26)24-12/h3-4,6-8,13,15,27H,2,5H2,1H3,(H,24,26)/t8-,13-,15-/m1/s1. The second kappa shape index (κ2) is 6.63. The number of H-pyrrole nitrogens is 1. The summed E-state index contributed by atoms with van der Waals surface area (Å²) in [5.74, 6) is 0. The van der Waals surface area contributed by atoms with Crippen molar-refractivity contribution in [3.8, 4) is 0 Å². The van der Waals surface area contributed by atoms with E-state index in [1.165, 1.54) is 23.1 Å². The molecule has 2 N–H and O–H groups in total. The zero-order valence-electron chi connectivity index (χ0n) is 14.0. The third-order valence-electron chi connectivity index (χ3n) is 4.84. The average molecular weight is 411 g/mol. The molecule has 1 aromatic heterocycles. The summed E-state index contributed by atoms with van der Waals surface area (Å²) in [6, 6.07) is 3.10. The fourth-order valence-electron chi connectivity index (χ4n) is 3.63. The van der Waals surface area contributed by atoms with Gasteiger partial charge in [0.05, 0.1) is 11.6 Å². The topological polar surface area (TPSA) is 56.3 Å². The normalized spacial score (nSPS) is 22.4. The number of benzene rings is 1. The summed E-state index contributed by atoms with van der Waals surface area (Å²) in [5.41, 5.74) is -1.19. The first-order chi connectivity index (χ1) is 12.4. The van der Waals surface area contributed by atoms with Gasteiger partial charge in [0.2, 0.25) is 5.56 Å². The van der Waals surface area contributed by atoms with Crippen LogP contribution >= 0.6 is 11.6 Å². The minimum atomic E-state index is -4.80. The molecule has 3 atom stereocenters. The van der Waals surface area contributed by atoms with Crippen LogP contribution in [0.15, 0.2) is 29.1 Å². The number of anilines is 1. The van der Waals surface area contributed by atoms with Crippen molar-refractivity contribution in [2.75, 3.05) is 4.90 Å². The Balaban J connectivity index is 2.13. The molecule has 3 rings (SSSR count). The number of aliphatic hydroxyl groups is 1.